The number of aromatic nitrogens is 2. The van der Waals surface area contributed by atoms with Crippen LogP contribution in [0.2, 0.25) is 0 Å². The molecule has 0 unspecified atom stereocenters. The van der Waals surface area contributed by atoms with E-state index in [1.807, 2.05) is 12.1 Å². The first-order chi connectivity index (χ1) is 7.90. The van der Waals surface area contributed by atoms with Crippen LogP contribution < -0.4 is 5.73 Å². The average molecular weight is 231 g/mol. The lowest BCUT2D eigenvalue weighted by molar-refractivity contribution is 0.943. The highest BCUT2D eigenvalue weighted by atomic mass is 32.2. The van der Waals surface area contributed by atoms with E-state index in [9.17, 15) is 0 Å². The van der Waals surface area contributed by atoms with Crippen LogP contribution in [-0.4, -0.2) is 16.5 Å². The van der Waals surface area contributed by atoms with E-state index in [1.54, 1.807) is 30.4 Å². The van der Waals surface area contributed by atoms with Crippen LogP contribution in [0, 0.1) is 0 Å². The van der Waals surface area contributed by atoms with Gasteiger partial charge in [0.15, 0.2) is 0 Å². The summed E-state index contributed by atoms with van der Waals surface area (Å²) in [4.78, 5) is 9.50. The monoisotopic (exact) mass is 231 g/mol. The molecule has 0 aliphatic heterocycles. The van der Waals surface area contributed by atoms with Gasteiger partial charge in [-0.15, -0.1) is 0 Å². The van der Waals surface area contributed by atoms with Crippen LogP contribution >= 0.6 is 11.8 Å². The highest BCUT2D eigenvalue weighted by Crippen LogP contribution is 2.28. The number of hydrogen-bond acceptors (Lipinski definition) is 4. The van der Waals surface area contributed by atoms with Crippen LogP contribution in [0.1, 0.15) is 5.56 Å². The van der Waals surface area contributed by atoms with Crippen molar-refractivity contribution >= 4 is 11.8 Å². The van der Waals surface area contributed by atoms with Crippen LogP contribution in [0.3, 0.4) is 0 Å². The van der Waals surface area contributed by atoms with Crippen molar-refractivity contribution in [2.24, 2.45) is 5.73 Å². The van der Waals surface area contributed by atoms with E-state index >= 15 is 0 Å². The Morgan fingerprint density at radius 1 is 1.19 bits per heavy atom. The lowest BCUT2D eigenvalue weighted by Crippen LogP contribution is -2.03. The van der Waals surface area contributed by atoms with Gasteiger partial charge in [0.25, 0.3) is 0 Å². The second kappa shape index (κ2) is 5.63. The fourth-order valence-corrected chi connectivity index (χ4v) is 2.32. The highest BCUT2D eigenvalue weighted by Gasteiger charge is 2.03. The summed E-state index contributed by atoms with van der Waals surface area (Å²) >= 11 is 1.62. The molecule has 2 N–H and O–H groups in total. The first-order valence-corrected chi connectivity index (χ1v) is 5.93. The minimum Gasteiger partial charge on any atom is -0.330 e. The number of nitrogens with zero attached hydrogens (tertiary/aromatic N) is 2. The maximum Gasteiger partial charge on any atom is 0.119 e. The van der Waals surface area contributed by atoms with Crippen molar-refractivity contribution in [2.75, 3.05) is 6.54 Å². The van der Waals surface area contributed by atoms with Crippen LogP contribution in [0.4, 0.5) is 0 Å². The molecule has 0 saturated heterocycles. The predicted molar refractivity (Wildman–Crippen MR) is 65.4 cm³/mol. The molecule has 82 valence electrons. The second-order valence-corrected chi connectivity index (χ2v) is 4.35. The van der Waals surface area contributed by atoms with Crippen molar-refractivity contribution in [3.8, 4) is 0 Å². The van der Waals surface area contributed by atoms with Crippen molar-refractivity contribution in [1.82, 2.24) is 9.97 Å². The molecule has 1 heterocycles. The Balaban J connectivity index is 2.21. The zero-order valence-electron chi connectivity index (χ0n) is 8.84. The zero-order valence-corrected chi connectivity index (χ0v) is 9.65. The zero-order chi connectivity index (χ0) is 11.2. The molecule has 2 rings (SSSR count). The van der Waals surface area contributed by atoms with Gasteiger partial charge < -0.3 is 5.73 Å². The molecule has 0 aliphatic carbocycles. The average Bonchev–Trinajstić information content (AvgIpc) is 2.33. The molecule has 1 aromatic carbocycles. The third-order valence-electron chi connectivity index (χ3n) is 2.14. The Kier molecular flexibility index (Phi) is 3.91. The van der Waals surface area contributed by atoms with E-state index in [0.29, 0.717) is 6.54 Å². The first kappa shape index (κ1) is 11.1. The van der Waals surface area contributed by atoms with Gasteiger partial charge in [0, 0.05) is 17.3 Å². The Morgan fingerprint density at radius 2 is 2.06 bits per heavy atom. The molecule has 0 spiro atoms. The van der Waals surface area contributed by atoms with E-state index in [0.717, 1.165) is 11.4 Å². The predicted octanol–water partition coefficient (Wildman–Crippen LogP) is 2.13. The molecule has 0 amide bonds. The number of hydrogen-bond donors (Lipinski definition) is 1. The molecule has 16 heavy (non-hydrogen) atoms. The summed E-state index contributed by atoms with van der Waals surface area (Å²) in [6.45, 7) is 0.665. The van der Waals surface area contributed by atoms with Gasteiger partial charge in [-0.2, -0.15) is 0 Å². The van der Waals surface area contributed by atoms with Gasteiger partial charge in [-0.05, 0) is 24.6 Å². The van der Waals surface area contributed by atoms with Crippen molar-refractivity contribution in [2.45, 2.75) is 16.3 Å². The Hall–Kier alpha value is -1.39. The second-order valence-electron chi connectivity index (χ2n) is 3.29. The third kappa shape index (κ3) is 2.81. The van der Waals surface area contributed by atoms with Crippen LogP contribution in [0.5, 0.6) is 0 Å². The first-order valence-electron chi connectivity index (χ1n) is 5.12. The molecular formula is C12H13N3S. The van der Waals surface area contributed by atoms with Gasteiger partial charge in [0.1, 0.15) is 5.03 Å². The van der Waals surface area contributed by atoms with Gasteiger partial charge in [0.05, 0.1) is 6.20 Å². The van der Waals surface area contributed by atoms with E-state index in [2.05, 4.69) is 22.1 Å². The van der Waals surface area contributed by atoms with E-state index in [1.165, 1.54) is 10.5 Å². The SMILES string of the molecule is NCCc1ccccc1Sc1cnccn1. The number of nitrogens with two attached hydrogens (primary N) is 1. The van der Waals surface area contributed by atoms with Crippen molar-refractivity contribution in [3.63, 3.8) is 0 Å². The van der Waals surface area contributed by atoms with Crippen molar-refractivity contribution in [1.29, 1.82) is 0 Å². The fraction of sp³-hybridized carbons (Fsp3) is 0.167. The maximum atomic E-state index is 5.59. The number of benzene rings is 1. The molecule has 0 fully saturated rings. The molecule has 0 radical (unpaired) electrons. The fourth-order valence-electron chi connectivity index (χ4n) is 1.42. The van der Waals surface area contributed by atoms with Crippen LogP contribution in [0.15, 0.2) is 52.8 Å². The standard InChI is InChI=1S/C12H13N3S/c13-6-5-10-3-1-2-4-11(10)16-12-9-14-7-8-15-12/h1-4,7-9H,5-6,13H2. The lowest BCUT2D eigenvalue weighted by Gasteiger charge is -2.06. The van der Waals surface area contributed by atoms with Crippen molar-refractivity contribution in [3.05, 3.63) is 48.4 Å². The Morgan fingerprint density at radius 3 is 2.81 bits per heavy atom. The minimum atomic E-state index is 0.665. The molecule has 0 atom stereocenters. The van der Waals surface area contributed by atoms with Crippen molar-refractivity contribution < 1.29 is 0 Å². The lowest BCUT2D eigenvalue weighted by atomic mass is 10.1. The van der Waals surface area contributed by atoms with E-state index in [-0.39, 0.29) is 0 Å². The van der Waals surface area contributed by atoms with Gasteiger partial charge in [-0.1, -0.05) is 30.0 Å². The van der Waals surface area contributed by atoms with Gasteiger partial charge in [-0.3, -0.25) is 4.98 Å². The summed E-state index contributed by atoms with van der Waals surface area (Å²) in [5.74, 6) is 0. The van der Waals surface area contributed by atoms with E-state index in [4.69, 9.17) is 5.73 Å². The molecule has 2 aromatic rings. The number of rotatable bonds is 4. The topological polar surface area (TPSA) is 51.8 Å². The normalized spacial score (nSPS) is 10.3. The smallest absolute Gasteiger partial charge is 0.119 e. The summed E-state index contributed by atoms with van der Waals surface area (Å²) in [6, 6.07) is 8.25. The van der Waals surface area contributed by atoms with Gasteiger partial charge in [0.2, 0.25) is 0 Å². The van der Waals surface area contributed by atoms with E-state index < -0.39 is 0 Å². The van der Waals surface area contributed by atoms with Crippen LogP contribution in [0.25, 0.3) is 0 Å². The summed E-state index contributed by atoms with van der Waals surface area (Å²) < 4.78 is 0. The Labute approximate surface area is 99.1 Å². The molecule has 0 saturated carbocycles. The quantitative estimate of drug-likeness (QED) is 0.875. The minimum absolute atomic E-state index is 0.665. The molecule has 3 nitrogen and oxygen atoms in total. The molecule has 0 bridgehead atoms. The summed E-state index contributed by atoms with van der Waals surface area (Å²) in [6.07, 6.45) is 6.04. The van der Waals surface area contributed by atoms with Gasteiger partial charge in [-0.25, -0.2) is 4.98 Å². The summed E-state index contributed by atoms with van der Waals surface area (Å²) in [7, 11) is 0. The molecule has 4 heteroatoms. The largest absolute Gasteiger partial charge is 0.330 e. The molecule has 1 aromatic heterocycles. The highest BCUT2D eigenvalue weighted by molar-refractivity contribution is 7.99. The summed E-state index contributed by atoms with van der Waals surface area (Å²) in [5, 5.41) is 0.909. The van der Waals surface area contributed by atoms with Gasteiger partial charge >= 0.3 is 0 Å². The third-order valence-corrected chi connectivity index (χ3v) is 3.18. The summed E-state index contributed by atoms with van der Waals surface area (Å²) in [5.41, 5.74) is 6.85. The maximum absolute atomic E-state index is 5.59. The molecule has 0 aliphatic rings. The van der Waals surface area contributed by atoms with Crippen LogP contribution in [-0.2, 0) is 6.42 Å². The molecular weight excluding hydrogens is 218 g/mol. The Bertz CT molecular complexity index is 445.